The van der Waals surface area contributed by atoms with Crippen molar-refractivity contribution in [3.05, 3.63) is 22.1 Å². The zero-order chi connectivity index (χ0) is 12.4. The van der Waals surface area contributed by atoms with Crippen LogP contribution in [0.2, 0.25) is 0 Å². The summed E-state index contributed by atoms with van der Waals surface area (Å²) in [6.45, 7) is 3.26. The molecule has 92 valence electrons. The second-order valence-electron chi connectivity index (χ2n) is 3.95. The number of carbonyl (C=O) groups excluding carboxylic acids is 2. The van der Waals surface area contributed by atoms with Gasteiger partial charge in [0.15, 0.2) is 10.4 Å². The lowest BCUT2D eigenvalue weighted by Crippen LogP contribution is -2.34. The second-order valence-corrected chi connectivity index (χ2v) is 4.74. The summed E-state index contributed by atoms with van der Waals surface area (Å²) in [7, 11) is 0. The van der Waals surface area contributed by atoms with Crippen LogP contribution in [0.1, 0.15) is 22.5 Å². The van der Waals surface area contributed by atoms with Gasteiger partial charge in [0.25, 0.3) is 5.91 Å². The minimum Gasteiger partial charge on any atom is -0.444 e. The molecule has 6 heteroatoms. The summed E-state index contributed by atoms with van der Waals surface area (Å²) in [6.07, 6.45) is 0.340. The number of amides is 2. The quantitative estimate of drug-likeness (QED) is 0.851. The fourth-order valence-corrected chi connectivity index (χ4v) is 2.27. The van der Waals surface area contributed by atoms with Gasteiger partial charge in [-0.1, -0.05) is 0 Å². The highest BCUT2D eigenvalue weighted by atomic mass is 79.9. The molecule has 2 rings (SSSR count). The average molecular weight is 301 g/mol. The molecule has 17 heavy (non-hydrogen) atoms. The molecular weight excluding hydrogens is 288 g/mol. The van der Waals surface area contributed by atoms with Gasteiger partial charge in [-0.25, -0.2) is 0 Å². The first-order valence-electron chi connectivity index (χ1n) is 5.40. The Morgan fingerprint density at radius 1 is 1.53 bits per heavy atom. The van der Waals surface area contributed by atoms with E-state index in [1.54, 1.807) is 11.0 Å². The third-order valence-electron chi connectivity index (χ3n) is 2.68. The molecule has 1 aromatic heterocycles. The fraction of sp³-hybridized carbons (Fsp3) is 0.455. The summed E-state index contributed by atoms with van der Waals surface area (Å²) in [6, 6.07) is 1.76. The number of aryl methyl sites for hydroxylation is 1. The smallest absolute Gasteiger partial charge is 0.289 e. The Kier molecular flexibility index (Phi) is 3.51. The molecule has 2 amide bonds. The van der Waals surface area contributed by atoms with E-state index < -0.39 is 0 Å². The highest BCUT2D eigenvalue weighted by Gasteiger charge is 2.23. The summed E-state index contributed by atoms with van der Waals surface area (Å²) >= 11 is 3.20. The third kappa shape index (κ3) is 2.69. The molecule has 0 unspecified atom stereocenters. The summed E-state index contributed by atoms with van der Waals surface area (Å²) in [4.78, 5) is 25.0. The van der Waals surface area contributed by atoms with Crippen LogP contribution in [-0.4, -0.2) is 36.3 Å². The van der Waals surface area contributed by atoms with Crippen molar-refractivity contribution in [2.45, 2.75) is 13.3 Å². The lowest BCUT2D eigenvalue weighted by molar-refractivity contribution is -0.120. The van der Waals surface area contributed by atoms with Crippen LogP contribution in [-0.2, 0) is 4.79 Å². The molecule has 1 aromatic rings. The maximum Gasteiger partial charge on any atom is 0.289 e. The predicted octanol–water partition coefficient (Wildman–Crippen LogP) is 1.31. The number of rotatable bonds is 1. The van der Waals surface area contributed by atoms with Crippen molar-refractivity contribution < 1.29 is 14.0 Å². The van der Waals surface area contributed by atoms with Crippen LogP contribution in [0.25, 0.3) is 0 Å². The van der Waals surface area contributed by atoms with Gasteiger partial charge in [0.2, 0.25) is 5.91 Å². The summed E-state index contributed by atoms with van der Waals surface area (Å²) in [5.41, 5.74) is 0.797. The van der Waals surface area contributed by atoms with Crippen LogP contribution < -0.4 is 5.32 Å². The Hall–Kier alpha value is -1.30. The van der Waals surface area contributed by atoms with Crippen molar-refractivity contribution in [2.24, 2.45) is 0 Å². The molecule has 0 radical (unpaired) electrons. The first-order chi connectivity index (χ1) is 8.08. The first kappa shape index (κ1) is 12.2. The highest BCUT2D eigenvalue weighted by Crippen LogP contribution is 2.21. The van der Waals surface area contributed by atoms with Crippen LogP contribution in [0.3, 0.4) is 0 Å². The van der Waals surface area contributed by atoms with Gasteiger partial charge < -0.3 is 14.6 Å². The van der Waals surface area contributed by atoms with E-state index in [1.807, 2.05) is 6.92 Å². The molecule has 0 aromatic carbocycles. The minimum atomic E-state index is -0.162. The van der Waals surface area contributed by atoms with Gasteiger partial charge in [-0.15, -0.1) is 0 Å². The lowest BCUT2D eigenvalue weighted by atomic mass is 10.2. The van der Waals surface area contributed by atoms with E-state index in [0.29, 0.717) is 36.5 Å². The maximum atomic E-state index is 12.2. The van der Waals surface area contributed by atoms with E-state index in [4.69, 9.17) is 4.42 Å². The van der Waals surface area contributed by atoms with Crippen LogP contribution in [0.4, 0.5) is 0 Å². The molecule has 1 aliphatic heterocycles. The fourth-order valence-electron chi connectivity index (χ4n) is 1.77. The van der Waals surface area contributed by atoms with Crippen molar-refractivity contribution >= 4 is 27.7 Å². The van der Waals surface area contributed by atoms with E-state index in [-0.39, 0.29) is 11.8 Å². The Balaban J connectivity index is 2.14. The standard InChI is InChI=1S/C11H13BrN2O3/c1-7-6-8(12)17-10(7)11(16)14-4-2-9(15)13-3-5-14/h6H,2-5H2,1H3,(H,13,15). The highest BCUT2D eigenvalue weighted by molar-refractivity contribution is 9.10. The molecule has 0 atom stereocenters. The summed E-state index contributed by atoms with van der Waals surface area (Å²) in [5.74, 6) is 0.161. The van der Waals surface area contributed by atoms with E-state index in [9.17, 15) is 9.59 Å². The minimum absolute atomic E-state index is 0.0161. The predicted molar refractivity (Wildman–Crippen MR) is 64.7 cm³/mol. The number of nitrogens with zero attached hydrogens (tertiary/aromatic N) is 1. The Bertz CT molecular complexity index is 456. The Morgan fingerprint density at radius 3 is 2.94 bits per heavy atom. The van der Waals surface area contributed by atoms with Crippen molar-refractivity contribution in [1.82, 2.24) is 10.2 Å². The number of nitrogens with one attached hydrogen (secondary N) is 1. The van der Waals surface area contributed by atoms with Gasteiger partial charge in [0, 0.05) is 31.6 Å². The third-order valence-corrected chi connectivity index (χ3v) is 3.07. The molecule has 0 aliphatic carbocycles. The topological polar surface area (TPSA) is 62.6 Å². The molecule has 2 heterocycles. The first-order valence-corrected chi connectivity index (χ1v) is 6.19. The van der Waals surface area contributed by atoms with Gasteiger partial charge in [-0.05, 0) is 28.9 Å². The zero-order valence-electron chi connectivity index (χ0n) is 9.46. The molecule has 0 saturated carbocycles. The second kappa shape index (κ2) is 4.91. The number of furan rings is 1. The van der Waals surface area contributed by atoms with Crippen LogP contribution in [0, 0.1) is 6.92 Å². The van der Waals surface area contributed by atoms with Crippen molar-refractivity contribution in [2.75, 3.05) is 19.6 Å². The maximum absolute atomic E-state index is 12.2. The Morgan fingerprint density at radius 2 is 2.29 bits per heavy atom. The molecule has 0 bridgehead atoms. The van der Waals surface area contributed by atoms with Gasteiger partial charge >= 0.3 is 0 Å². The van der Waals surface area contributed by atoms with Crippen LogP contribution in [0.15, 0.2) is 15.2 Å². The molecule has 1 N–H and O–H groups in total. The molecule has 1 fully saturated rings. The summed E-state index contributed by atoms with van der Waals surface area (Å²) in [5, 5.41) is 2.73. The van der Waals surface area contributed by atoms with Gasteiger partial charge in [0.1, 0.15) is 0 Å². The number of carbonyl (C=O) groups is 2. The average Bonchev–Trinajstić information content (AvgIpc) is 2.49. The molecule has 1 saturated heterocycles. The number of halogens is 1. The van der Waals surface area contributed by atoms with E-state index in [0.717, 1.165) is 5.56 Å². The van der Waals surface area contributed by atoms with Crippen molar-refractivity contribution in [3.8, 4) is 0 Å². The van der Waals surface area contributed by atoms with Crippen molar-refractivity contribution in [3.63, 3.8) is 0 Å². The van der Waals surface area contributed by atoms with E-state index in [2.05, 4.69) is 21.2 Å². The van der Waals surface area contributed by atoms with E-state index >= 15 is 0 Å². The Labute approximate surface area is 107 Å². The normalized spacial score (nSPS) is 16.6. The SMILES string of the molecule is Cc1cc(Br)oc1C(=O)N1CCNC(=O)CC1. The van der Waals surface area contributed by atoms with Crippen LogP contribution >= 0.6 is 15.9 Å². The lowest BCUT2D eigenvalue weighted by Gasteiger charge is -2.18. The number of hydrogen-bond acceptors (Lipinski definition) is 3. The van der Waals surface area contributed by atoms with Gasteiger partial charge in [0.05, 0.1) is 0 Å². The monoisotopic (exact) mass is 300 g/mol. The molecular formula is C11H13BrN2O3. The largest absolute Gasteiger partial charge is 0.444 e. The van der Waals surface area contributed by atoms with Crippen molar-refractivity contribution in [1.29, 1.82) is 0 Å². The summed E-state index contributed by atoms with van der Waals surface area (Å²) < 4.78 is 5.86. The zero-order valence-corrected chi connectivity index (χ0v) is 11.0. The molecule has 5 nitrogen and oxygen atoms in total. The number of hydrogen-bond donors (Lipinski definition) is 1. The van der Waals surface area contributed by atoms with Gasteiger partial charge in [-0.3, -0.25) is 9.59 Å². The molecule has 1 aliphatic rings. The molecule has 0 spiro atoms. The van der Waals surface area contributed by atoms with Crippen LogP contribution in [0.5, 0.6) is 0 Å². The van der Waals surface area contributed by atoms with E-state index in [1.165, 1.54) is 0 Å². The van der Waals surface area contributed by atoms with Gasteiger partial charge in [-0.2, -0.15) is 0 Å².